The molecule has 0 bridgehead atoms. The summed E-state index contributed by atoms with van der Waals surface area (Å²) in [6.45, 7) is 1.47. The van der Waals surface area contributed by atoms with Crippen molar-refractivity contribution in [3.8, 4) is 0 Å². The average Bonchev–Trinajstić information content (AvgIpc) is 2.15. The fraction of sp³-hybridized carbons (Fsp3) is 0.300. The summed E-state index contributed by atoms with van der Waals surface area (Å²) in [6.07, 6.45) is -0.541. The number of nitrogens with one attached hydrogen (secondary N) is 1. The highest BCUT2D eigenvalue weighted by molar-refractivity contribution is 14.3. The molecule has 1 aromatic rings. The normalized spacial score (nSPS) is 13.3. The summed E-state index contributed by atoms with van der Waals surface area (Å²) in [5.41, 5.74) is 1.58. The number of aliphatic hydroxyl groups excluding tert-OH is 1. The van der Waals surface area contributed by atoms with Gasteiger partial charge in [-0.05, 0) is 17.7 Å². The highest BCUT2D eigenvalue weighted by Gasteiger charge is 2.29. The van der Waals surface area contributed by atoms with Crippen LogP contribution in [-0.2, 0) is 4.79 Å². The van der Waals surface area contributed by atoms with Crippen LogP contribution in [0.2, 0.25) is 0 Å². The number of hydrogen-bond donors (Lipinski definition) is 2. The van der Waals surface area contributed by atoms with E-state index in [1.807, 2.05) is 12.1 Å². The van der Waals surface area contributed by atoms with Gasteiger partial charge in [-0.15, -0.1) is 0 Å². The second-order valence-corrected chi connectivity index (χ2v) is 14.5. The van der Waals surface area contributed by atoms with Crippen molar-refractivity contribution in [2.75, 3.05) is 5.32 Å². The van der Waals surface area contributed by atoms with E-state index >= 15 is 0 Å². The minimum absolute atomic E-state index is 0.0979. The summed E-state index contributed by atoms with van der Waals surface area (Å²) in [5, 5.41) is 12.7. The third-order valence-electron chi connectivity index (χ3n) is 1.86. The standard InChI is InChI=1S/C10H10I3NO2/c1-6(15)14-8-4-2-7(3-5-8)9(16)10(11,12)13/h2-5,9,16H,1H3,(H,14,15). The lowest BCUT2D eigenvalue weighted by atomic mass is 10.1. The van der Waals surface area contributed by atoms with E-state index in [0.29, 0.717) is 0 Å². The number of hydrogen-bond acceptors (Lipinski definition) is 2. The Morgan fingerprint density at radius 1 is 1.31 bits per heavy atom. The molecule has 1 aromatic carbocycles. The maximum Gasteiger partial charge on any atom is 0.221 e. The second-order valence-electron chi connectivity index (χ2n) is 3.25. The van der Waals surface area contributed by atoms with Crippen LogP contribution in [0.3, 0.4) is 0 Å². The van der Waals surface area contributed by atoms with Gasteiger partial charge in [0.2, 0.25) is 5.91 Å². The van der Waals surface area contributed by atoms with Crippen molar-refractivity contribution in [1.29, 1.82) is 0 Å². The Balaban J connectivity index is 2.83. The molecule has 6 heteroatoms. The highest BCUT2D eigenvalue weighted by Crippen LogP contribution is 2.46. The summed E-state index contributed by atoms with van der Waals surface area (Å²) in [6, 6.07) is 7.21. The van der Waals surface area contributed by atoms with Crippen molar-refractivity contribution in [2.45, 2.75) is 12.5 Å². The van der Waals surface area contributed by atoms with E-state index < -0.39 is 6.10 Å². The maximum atomic E-state index is 10.8. The van der Waals surface area contributed by atoms with Crippen LogP contribution in [0.5, 0.6) is 0 Å². The first kappa shape index (κ1) is 14.9. The van der Waals surface area contributed by atoms with E-state index in [9.17, 15) is 9.90 Å². The summed E-state index contributed by atoms with van der Waals surface area (Å²) in [5.74, 6) is -0.0979. The first-order chi connectivity index (χ1) is 7.30. The number of rotatable bonds is 3. The second kappa shape index (κ2) is 6.14. The molecule has 1 unspecified atom stereocenters. The van der Waals surface area contributed by atoms with Crippen LogP contribution in [0.15, 0.2) is 24.3 Å². The van der Waals surface area contributed by atoms with Crippen LogP contribution >= 0.6 is 67.8 Å². The van der Waals surface area contributed by atoms with Gasteiger partial charge >= 0.3 is 0 Å². The minimum Gasteiger partial charge on any atom is -0.385 e. The predicted molar refractivity (Wildman–Crippen MR) is 90.5 cm³/mol. The van der Waals surface area contributed by atoms with Crippen molar-refractivity contribution in [3.05, 3.63) is 29.8 Å². The molecule has 0 aliphatic carbocycles. The number of carbonyl (C=O) groups excluding carboxylic acids is 1. The Bertz CT molecular complexity index is 373. The third-order valence-corrected chi connectivity index (χ3v) is 3.63. The average molecular weight is 557 g/mol. The molecule has 3 nitrogen and oxygen atoms in total. The zero-order valence-corrected chi connectivity index (χ0v) is 14.8. The Morgan fingerprint density at radius 3 is 2.19 bits per heavy atom. The fourth-order valence-electron chi connectivity index (χ4n) is 1.14. The Kier molecular flexibility index (Phi) is 5.72. The number of aliphatic hydroxyl groups is 1. The van der Waals surface area contributed by atoms with Gasteiger partial charge in [-0.25, -0.2) is 0 Å². The van der Waals surface area contributed by atoms with E-state index in [4.69, 9.17) is 0 Å². The van der Waals surface area contributed by atoms with Crippen LogP contribution in [0, 0.1) is 0 Å². The molecule has 0 heterocycles. The Hall–Kier alpha value is 0.840. The van der Waals surface area contributed by atoms with Crippen LogP contribution in [-0.4, -0.2) is 10.4 Å². The van der Waals surface area contributed by atoms with Gasteiger partial charge in [0, 0.05) is 12.6 Å². The van der Waals surface area contributed by atoms with Crippen LogP contribution in [0.1, 0.15) is 18.6 Å². The van der Waals surface area contributed by atoms with Gasteiger partial charge in [0.25, 0.3) is 0 Å². The lowest BCUT2D eigenvalue weighted by Gasteiger charge is -2.20. The lowest BCUT2D eigenvalue weighted by molar-refractivity contribution is -0.114. The summed E-state index contributed by atoms with van der Waals surface area (Å²) >= 11 is 6.56. The number of alkyl halides is 3. The third kappa shape index (κ3) is 4.61. The molecule has 0 saturated carbocycles. The first-order valence-electron chi connectivity index (χ1n) is 4.43. The lowest BCUT2D eigenvalue weighted by Crippen LogP contribution is -2.14. The van der Waals surface area contributed by atoms with Crippen molar-refractivity contribution >= 4 is 79.4 Å². The summed E-state index contributed by atoms with van der Waals surface area (Å²) in [4.78, 5) is 10.8. The van der Waals surface area contributed by atoms with Gasteiger partial charge < -0.3 is 10.4 Å². The van der Waals surface area contributed by atoms with Crippen LogP contribution < -0.4 is 5.32 Å². The van der Waals surface area contributed by atoms with Crippen molar-refractivity contribution < 1.29 is 9.90 Å². The molecular formula is C10H10I3NO2. The Morgan fingerprint density at radius 2 is 1.81 bits per heavy atom. The van der Waals surface area contributed by atoms with Crippen LogP contribution in [0.25, 0.3) is 0 Å². The molecule has 1 amide bonds. The molecule has 2 N–H and O–H groups in total. The van der Waals surface area contributed by atoms with Gasteiger partial charge in [0.05, 0.1) is 0 Å². The molecule has 0 spiro atoms. The quantitative estimate of drug-likeness (QED) is 0.441. The summed E-state index contributed by atoms with van der Waals surface area (Å²) in [7, 11) is 0. The van der Waals surface area contributed by atoms with E-state index in [1.165, 1.54) is 6.92 Å². The predicted octanol–water partition coefficient (Wildman–Crippen LogP) is 3.64. The molecule has 0 aliphatic heterocycles. The van der Waals surface area contributed by atoms with E-state index in [2.05, 4.69) is 73.1 Å². The molecule has 0 aliphatic rings. The zero-order chi connectivity index (χ0) is 12.3. The molecule has 0 radical (unpaired) electrons. The number of benzene rings is 1. The molecule has 16 heavy (non-hydrogen) atoms. The SMILES string of the molecule is CC(=O)Nc1ccc(C(O)C(I)(I)I)cc1. The molecule has 0 fully saturated rings. The number of anilines is 1. The molecule has 1 atom stereocenters. The van der Waals surface area contributed by atoms with E-state index in [0.717, 1.165) is 11.3 Å². The molecule has 1 rings (SSSR count). The van der Waals surface area contributed by atoms with Gasteiger partial charge in [-0.2, -0.15) is 0 Å². The highest BCUT2D eigenvalue weighted by atomic mass is 127. The first-order valence-corrected chi connectivity index (χ1v) is 7.66. The molecule has 0 saturated heterocycles. The smallest absolute Gasteiger partial charge is 0.221 e. The fourth-order valence-corrected chi connectivity index (χ4v) is 2.22. The monoisotopic (exact) mass is 557 g/mol. The number of carbonyl (C=O) groups is 1. The molecular weight excluding hydrogens is 547 g/mol. The van der Waals surface area contributed by atoms with Gasteiger partial charge in [-0.3, -0.25) is 4.79 Å². The zero-order valence-electron chi connectivity index (χ0n) is 8.38. The number of halogens is 3. The van der Waals surface area contributed by atoms with E-state index in [1.54, 1.807) is 12.1 Å². The van der Waals surface area contributed by atoms with Crippen LogP contribution in [0.4, 0.5) is 5.69 Å². The van der Waals surface area contributed by atoms with Gasteiger partial charge in [0.15, 0.2) is -0.565 Å². The van der Waals surface area contributed by atoms with Gasteiger partial charge in [0.1, 0.15) is 6.10 Å². The maximum absolute atomic E-state index is 10.8. The van der Waals surface area contributed by atoms with E-state index in [-0.39, 0.29) is 5.34 Å². The molecule has 0 aromatic heterocycles. The topological polar surface area (TPSA) is 49.3 Å². The van der Waals surface area contributed by atoms with Crippen molar-refractivity contribution in [1.82, 2.24) is 0 Å². The molecule has 88 valence electrons. The van der Waals surface area contributed by atoms with Crippen molar-refractivity contribution in [2.24, 2.45) is 0 Å². The van der Waals surface area contributed by atoms with Gasteiger partial charge in [-0.1, -0.05) is 79.9 Å². The largest absolute Gasteiger partial charge is 0.385 e. The number of amides is 1. The Labute approximate surface area is 135 Å². The summed E-state index contributed by atoms with van der Waals surface area (Å²) < 4.78 is -0.275. The van der Waals surface area contributed by atoms with Crippen molar-refractivity contribution in [3.63, 3.8) is 0 Å². The minimum atomic E-state index is -0.541.